The molecule has 1 atom stereocenters. The zero-order valence-electron chi connectivity index (χ0n) is 15.7. The highest BCUT2D eigenvalue weighted by atomic mass is 19.1. The standard InChI is InChI=1S/C19H28FN3O3/c1-13(18(24)22-19(25)21-15-7-5-4-6-8-15)23(2)12-14-9-10-17(26-3)16(20)11-14/h9-11,13,15H,4-8,12H2,1-3H3,(H2,21,22,24,25)/t13-/m0/s1. The van der Waals surface area contributed by atoms with Crippen molar-refractivity contribution in [2.24, 2.45) is 0 Å². The lowest BCUT2D eigenvalue weighted by atomic mass is 9.96. The Kier molecular flexibility index (Phi) is 7.38. The minimum Gasteiger partial charge on any atom is -0.494 e. The Bertz CT molecular complexity index is 632. The number of imide groups is 1. The molecule has 0 unspecified atom stereocenters. The zero-order valence-corrected chi connectivity index (χ0v) is 15.7. The number of ether oxygens (including phenoxy) is 1. The summed E-state index contributed by atoms with van der Waals surface area (Å²) < 4.78 is 18.7. The first-order valence-corrected chi connectivity index (χ1v) is 9.04. The first kappa shape index (κ1) is 20.2. The summed E-state index contributed by atoms with van der Waals surface area (Å²) in [7, 11) is 3.17. The molecule has 0 radical (unpaired) electrons. The molecule has 0 aromatic heterocycles. The van der Waals surface area contributed by atoms with Gasteiger partial charge in [0.2, 0.25) is 5.91 Å². The summed E-state index contributed by atoms with van der Waals surface area (Å²) in [5.41, 5.74) is 0.720. The van der Waals surface area contributed by atoms with Crippen molar-refractivity contribution in [1.82, 2.24) is 15.5 Å². The number of nitrogens with zero attached hydrogens (tertiary/aromatic N) is 1. The molecule has 1 saturated carbocycles. The average Bonchev–Trinajstić information content (AvgIpc) is 2.61. The topological polar surface area (TPSA) is 70.7 Å². The quantitative estimate of drug-likeness (QED) is 0.813. The second-order valence-corrected chi connectivity index (χ2v) is 6.86. The lowest BCUT2D eigenvalue weighted by Gasteiger charge is -2.25. The molecule has 3 amide bonds. The summed E-state index contributed by atoms with van der Waals surface area (Å²) in [5.74, 6) is -0.640. The summed E-state index contributed by atoms with van der Waals surface area (Å²) >= 11 is 0. The predicted octanol–water partition coefficient (Wildman–Crippen LogP) is 2.81. The molecular weight excluding hydrogens is 337 g/mol. The maximum absolute atomic E-state index is 13.8. The van der Waals surface area contributed by atoms with Gasteiger partial charge in [-0.3, -0.25) is 15.0 Å². The fraction of sp³-hybridized carbons (Fsp3) is 0.579. The summed E-state index contributed by atoms with van der Waals surface area (Å²) in [6, 6.07) is 3.86. The normalized spacial score (nSPS) is 16.2. The largest absolute Gasteiger partial charge is 0.494 e. The van der Waals surface area contributed by atoms with Crippen LogP contribution in [0.3, 0.4) is 0 Å². The Balaban J connectivity index is 1.84. The number of methoxy groups -OCH3 is 1. The predicted molar refractivity (Wildman–Crippen MR) is 97.4 cm³/mol. The van der Waals surface area contributed by atoms with Crippen LogP contribution in [0.25, 0.3) is 0 Å². The van der Waals surface area contributed by atoms with Gasteiger partial charge in [0.25, 0.3) is 0 Å². The Morgan fingerprint density at radius 1 is 1.31 bits per heavy atom. The van der Waals surface area contributed by atoms with E-state index in [0.29, 0.717) is 6.54 Å². The van der Waals surface area contributed by atoms with Crippen LogP contribution in [-0.2, 0) is 11.3 Å². The molecule has 26 heavy (non-hydrogen) atoms. The summed E-state index contributed by atoms with van der Waals surface area (Å²) in [6.45, 7) is 2.09. The summed E-state index contributed by atoms with van der Waals surface area (Å²) in [4.78, 5) is 26.0. The number of urea groups is 1. The Morgan fingerprint density at radius 3 is 2.62 bits per heavy atom. The molecule has 2 N–H and O–H groups in total. The van der Waals surface area contributed by atoms with E-state index in [4.69, 9.17) is 4.74 Å². The van der Waals surface area contributed by atoms with E-state index in [2.05, 4.69) is 10.6 Å². The number of hydrogen-bond donors (Lipinski definition) is 2. The molecule has 1 aromatic rings. The third-order valence-corrected chi connectivity index (χ3v) is 4.87. The van der Waals surface area contributed by atoms with Gasteiger partial charge < -0.3 is 10.1 Å². The van der Waals surface area contributed by atoms with Gasteiger partial charge in [0, 0.05) is 12.6 Å². The number of benzene rings is 1. The summed E-state index contributed by atoms with van der Waals surface area (Å²) in [5, 5.41) is 5.26. The number of nitrogens with one attached hydrogen (secondary N) is 2. The highest BCUT2D eigenvalue weighted by molar-refractivity contribution is 5.96. The van der Waals surface area contributed by atoms with Crippen molar-refractivity contribution in [1.29, 1.82) is 0 Å². The number of carbonyl (C=O) groups excluding carboxylic acids is 2. The van der Waals surface area contributed by atoms with Gasteiger partial charge in [0.1, 0.15) is 0 Å². The van der Waals surface area contributed by atoms with Crippen LogP contribution in [-0.4, -0.2) is 43.1 Å². The van der Waals surface area contributed by atoms with Crippen molar-refractivity contribution < 1.29 is 18.7 Å². The van der Waals surface area contributed by atoms with Crippen LogP contribution < -0.4 is 15.4 Å². The van der Waals surface area contributed by atoms with E-state index < -0.39 is 17.9 Å². The third-order valence-electron chi connectivity index (χ3n) is 4.87. The highest BCUT2D eigenvalue weighted by Gasteiger charge is 2.22. The SMILES string of the molecule is COc1ccc(CN(C)[C@@H](C)C(=O)NC(=O)NC2CCCCC2)cc1F. The van der Waals surface area contributed by atoms with E-state index in [0.717, 1.165) is 31.2 Å². The van der Waals surface area contributed by atoms with E-state index in [-0.39, 0.29) is 17.7 Å². The van der Waals surface area contributed by atoms with Gasteiger partial charge in [-0.05, 0) is 44.5 Å². The fourth-order valence-corrected chi connectivity index (χ4v) is 3.12. The molecule has 0 aliphatic heterocycles. The van der Waals surface area contributed by atoms with Crippen molar-refractivity contribution in [2.45, 2.75) is 57.7 Å². The molecule has 1 aromatic carbocycles. The monoisotopic (exact) mass is 365 g/mol. The van der Waals surface area contributed by atoms with Gasteiger partial charge in [-0.25, -0.2) is 9.18 Å². The highest BCUT2D eigenvalue weighted by Crippen LogP contribution is 2.19. The van der Waals surface area contributed by atoms with Crippen LogP contribution in [0.5, 0.6) is 5.75 Å². The van der Waals surface area contributed by atoms with Crippen molar-refractivity contribution in [2.75, 3.05) is 14.2 Å². The van der Waals surface area contributed by atoms with Crippen molar-refractivity contribution in [3.8, 4) is 5.75 Å². The van der Waals surface area contributed by atoms with E-state index in [1.807, 2.05) is 0 Å². The van der Waals surface area contributed by atoms with E-state index in [1.165, 1.54) is 19.6 Å². The van der Waals surface area contributed by atoms with Crippen LogP contribution in [0.1, 0.15) is 44.6 Å². The van der Waals surface area contributed by atoms with Crippen LogP contribution in [0.15, 0.2) is 18.2 Å². The number of rotatable bonds is 6. The van der Waals surface area contributed by atoms with Gasteiger partial charge in [-0.15, -0.1) is 0 Å². The number of likely N-dealkylation sites (N-methyl/N-ethyl adjacent to an activating group) is 1. The average molecular weight is 365 g/mol. The van der Waals surface area contributed by atoms with Gasteiger partial charge in [0.05, 0.1) is 13.2 Å². The van der Waals surface area contributed by atoms with Gasteiger partial charge in [0.15, 0.2) is 11.6 Å². The summed E-state index contributed by atoms with van der Waals surface area (Å²) in [6.07, 6.45) is 5.33. The number of hydrogen-bond acceptors (Lipinski definition) is 4. The van der Waals surface area contributed by atoms with Crippen molar-refractivity contribution >= 4 is 11.9 Å². The molecular formula is C19H28FN3O3. The maximum atomic E-state index is 13.8. The van der Waals surface area contributed by atoms with E-state index in [9.17, 15) is 14.0 Å². The fourth-order valence-electron chi connectivity index (χ4n) is 3.12. The lowest BCUT2D eigenvalue weighted by molar-refractivity contribution is -0.124. The zero-order chi connectivity index (χ0) is 19.1. The number of carbonyl (C=O) groups is 2. The Hall–Kier alpha value is -2.15. The van der Waals surface area contributed by atoms with Crippen LogP contribution in [0.4, 0.5) is 9.18 Å². The molecule has 0 saturated heterocycles. The third kappa shape index (κ3) is 5.69. The van der Waals surface area contributed by atoms with Gasteiger partial charge in [-0.2, -0.15) is 0 Å². The van der Waals surface area contributed by atoms with E-state index >= 15 is 0 Å². The maximum Gasteiger partial charge on any atom is 0.321 e. The minimum absolute atomic E-state index is 0.145. The minimum atomic E-state index is -0.530. The van der Waals surface area contributed by atoms with Crippen molar-refractivity contribution in [3.63, 3.8) is 0 Å². The van der Waals surface area contributed by atoms with Gasteiger partial charge >= 0.3 is 6.03 Å². The lowest BCUT2D eigenvalue weighted by Crippen LogP contribution is -2.50. The van der Waals surface area contributed by atoms with Crippen LogP contribution >= 0.6 is 0 Å². The second kappa shape index (κ2) is 9.52. The Morgan fingerprint density at radius 2 is 2.00 bits per heavy atom. The molecule has 0 bridgehead atoms. The molecule has 1 aliphatic carbocycles. The first-order valence-electron chi connectivity index (χ1n) is 9.04. The molecule has 7 heteroatoms. The number of halogens is 1. The molecule has 6 nitrogen and oxygen atoms in total. The van der Waals surface area contributed by atoms with Crippen molar-refractivity contribution in [3.05, 3.63) is 29.6 Å². The molecule has 0 heterocycles. The van der Waals surface area contributed by atoms with E-state index in [1.54, 1.807) is 31.0 Å². The molecule has 1 fully saturated rings. The smallest absolute Gasteiger partial charge is 0.321 e. The van der Waals surface area contributed by atoms with Gasteiger partial charge in [-0.1, -0.05) is 25.3 Å². The second-order valence-electron chi connectivity index (χ2n) is 6.86. The number of amides is 3. The van der Waals surface area contributed by atoms with Crippen LogP contribution in [0, 0.1) is 5.82 Å². The molecule has 144 valence electrons. The molecule has 1 aliphatic rings. The van der Waals surface area contributed by atoms with Crippen LogP contribution in [0.2, 0.25) is 0 Å². The first-order chi connectivity index (χ1) is 12.4. The molecule has 2 rings (SSSR count). The Labute approximate surface area is 154 Å². The molecule has 0 spiro atoms.